The molecule has 4 aromatic rings. The number of likely N-dealkylation sites (tertiary alicyclic amines) is 1. The van der Waals surface area contributed by atoms with Crippen LogP contribution in [0.1, 0.15) is 25.3 Å². The minimum Gasteiger partial charge on any atom is -0.493 e. The molecule has 232 valence electrons. The van der Waals surface area contributed by atoms with Gasteiger partial charge in [-0.1, -0.05) is 40.9 Å². The van der Waals surface area contributed by atoms with Gasteiger partial charge in [0.1, 0.15) is 18.2 Å². The number of carbonyl (C=O) groups is 1. The van der Waals surface area contributed by atoms with E-state index in [1.54, 1.807) is 29.2 Å². The Hall–Kier alpha value is -3.71. The van der Waals surface area contributed by atoms with Gasteiger partial charge in [0, 0.05) is 37.4 Å². The van der Waals surface area contributed by atoms with E-state index in [2.05, 4.69) is 15.3 Å². The first-order valence-corrected chi connectivity index (χ1v) is 15.8. The van der Waals surface area contributed by atoms with E-state index in [-0.39, 0.29) is 26.7 Å². The summed E-state index contributed by atoms with van der Waals surface area (Å²) in [6.07, 6.45) is 0.839. The van der Waals surface area contributed by atoms with Crippen LogP contribution in [0, 0.1) is 12.7 Å². The first-order chi connectivity index (χ1) is 21.0. The third-order valence-corrected chi connectivity index (χ3v) is 9.36. The fourth-order valence-electron chi connectivity index (χ4n) is 4.79. The molecule has 0 unspecified atom stereocenters. The van der Waals surface area contributed by atoms with Crippen molar-refractivity contribution in [1.29, 1.82) is 0 Å². The molecule has 10 nitrogen and oxygen atoms in total. The van der Waals surface area contributed by atoms with Crippen molar-refractivity contribution in [3.8, 4) is 11.5 Å². The number of methoxy groups -OCH3 is 1. The number of carbonyl (C=O) groups excluding carboxylic acids is 1. The number of halogens is 3. The minimum atomic E-state index is -4.10. The number of anilines is 2. The minimum absolute atomic E-state index is 0.00922. The fourth-order valence-corrected chi connectivity index (χ4v) is 6.14. The van der Waals surface area contributed by atoms with Gasteiger partial charge in [-0.2, -0.15) is 8.42 Å². The second kappa shape index (κ2) is 13.1. The molecule has 1 saturated heterocycles. The van der Waals surface area contributed by atoms with Crippen molar-refractivity contribution in [2.45, 2.75) is 43.8 Å². The lowest BCUT2D eigenvalue weighted by molar-refractivity contribution is -0.139. The molecule has 2 heterocycles. The van der Waals surface area contributed by atoms with Crippen LogP contribution < -0.4 is 14.8 Å². The molecular formula is C30H29Cl2FN4O6S. The lowest BCUT2D eigenvalue weighted by atomic mass is 10.1. The second-order valence-electron chi connectivity index (χ2n) is 10.2. The van der Waals surface area contributed by atoms with E-state index in [0.29, 0.717) is 54.2 Å². The number of piperidine rings is 1. The molecular weight excluding hydrogens is 634 g/mol. The molecule has 1 fully saturated rings. The number of nitrogens with zero attached hydrogens (tertiary/aromatic N) is 3. The van der Waals surface area contributed by atoms with Crippen LogP contribution in [0.2, 0.25) is 10.0 Å². The highest BCUT2D eigenvalue weighted by molar-refractivity contribution is 7.86. The number of amides is 1. The van der Waals surface area contributed by atoms with Gasteiger partial charge >= 0.3 is 0 Å². The molecule has 0 bridgehead atoms. The van der Waals surface area contributed by atoms with Crippen molar-refractivity contribution in [2.75, 3.05) is 25.5 Å². The Bertz CT molecular complexity index is 1800. The molecule has 1 aliphatic heterocycles. The summed E-state index contributed by atoms with van der Waals surface area (Å²) >= 11 is 11.9. The Balaban J connectivity index is 1.27. The predicted octanol–water partition coefficient (Wildman–Crippen LogP) is 6.30. The zero-order valence-electron chi connectivity index (χ0n) is 24.0. The fraction of sp³-hybridized carbons (Fsp3) is 0.300. The summed E-state index contributed by atoms with van der Waals surface area (Å²) < 4.78 is 57.1. The van der Waals surface area contributed by atoms with Gasteiger partial charge in [-0.3, -0.25) is 8.98 Å². The molecule has 5 rings (SSSR count). The number of nitrogens with one attached hydrogen (secondary N) is 1. The normalized spacial score (nSPS) is 14.8. The number of hydrogen-bond acceptors (Lipinski definition) is 9. The summed E-state index contributed by atoms with van der Waals surface area (Å²) in [4.78, 5) is 23.2. The molecule has 1 amide bonds. The van der Waals surface area contributed by atoms with Gasteiger partial charge in [0.2, 0.25) is 0 Å². The molecule has 1 aliphatic rings. The lowest BCUT2D eigenvalue weighted by Gasteiger charge is -2.33. The molecule has 14 heteroatoms. The maximum Gasteiger partial charge on any atom is 0.297 e. The molecule has 0 spiro atoms. The number of aryl methyl sites for hydroxylation is 1. The van der Waals surface area contributed by atoms with Gasteiger partial charge in [0.15, 0.2) is 23.4 Å². The van der Waals surface area contributed by atoms with Crippen molar-refractivity contribution in [2.24, 2.45) is 0 Å². The average molecular weight is 664 g/mol. The highest BCUT2D eigenvalue weighted by atomic mass is 35.5. The number of aromatic nitrogens is 2. The van der Waals surface area contributed by atoms with Crippen LogP contribution in [0.3, 0.4) is 0 Å². The first kappa shape index (κ1) is 31.7. The van der Waals surface area contributed by atoms with Crippen LogP contribution in [0.4, 0.5) is 15.9 Å². The molecule has 1 aromatic heterocycles. The number of hydrogen-bond donors (Lipinski definition) is 1. The van der Waals surface area contributed by atoms with Crippen molar-refractivity contribution >= 4 is 61.6 Å². The zero-order valence-corrected chi connectivity index (χ0v) is 26.3. The Kier molecular flexibility index (Phi) is 9.45. The molecule has 3 aromatic carbocycles. The van der Waals surface area contributed by atoms with Crippen molar-refractivity contribution in [3.63, 3.8) is 0 Å². The van der Waals surface area contributed by atoms with Gasteiger partial charge in [0.25, 0.3) is 16.0 Å². The number of ether oxygens (including phenoxy) is 2. The SMILES string of the molecule is COc1cc2ncnc(Nc3ccc(Cl)c(Cl)c3F)c2cc1OC1CCN(C(=O)[C@@H](C)OS(=O)(=O)c2ccc(C)cc2)CC1. The van der Waals surface area contributed by atoms with Crippen molar-refractivity contribution in [1.82, 2.24) is 14.9 Å². The van der Waals surface area contributed by atoms with Gasteiger partial charge < -0.3 is 19.7 Å². The highest BCUT2D eigenvalue weighted by Gasteiger charge is 2.31. The first-order valence-electron chi connectivity index (χ1n) is 13.7. The standard InChI is InChI=1S/C30H29Cl2FN4O6S/c1-17-4-6-20(7-5-17)44(39,40)43-18(2)30(38)37-12-10-19(11-13-37)42-26-14-21-24(15-25(26)41-3)34-16-35-29(21)36-23-9-8-22(31)27(32)28(23)33/h4-9,14-16,18-19H,10-13H2,1-3H3,(H,34,35,36)/t18-/m1/s1. The van der Waals surface area contributed by atoms with E-state index in [0.717, 1.165) is 5.56 Å². The zero-order chi connectivity index (χ0) is 31.6. The van der Waals surface area contributed by atoms with Crippen LogP contribution in [-0.2, 0) is 19.1 Å². The van der Waals surface area contributed by atoms with Crippen LogP contribution in [0.15, 0.2) is 59.8 Å². The van der Waals surface area contributed by atoms with E-state index in [1.807, 2.05) is 6.92 Å². The Morgan fingerprint density at radius 3 is 2.45 bits per heavy atom. The maximum atomic E-state index is 14.7. The summed E-state index contributed by atoms with van der Waals surface area (Å²) in [5.41, 5.74) is 1.52. The molecule has 1 N–H and O–H groups in total. The molecule has 0 aliphatic carbocycles. The molecule has 0 radical (unpaired) electrons. The summed E-state index contributed by atoms with van der Waals surface area (Å²) in [5, 5.41) is 3.37. The molecule has 0 saturated carbocycles. The third-order valence-electron chi connectivity index (χ3n) is 7.18. The largest absolute Gasteiger partial charge is 0.493 e. The predicted molar refractivity (Wildman–Crippen MR) is 165 cm³/mol. The van der Waals surface area contributed by atoms with Gasteiger partial charge in [0.05, 0.1) is 33.3 Å². The Morgan fingerprint density at radius 1 is 1.07 bits per heavy atom. The lowest BCUT2D eigenvalue weighted by Crippen LogP contribution is -2.46. The van der Waals surface area contributed by atoms with Gasteiger partial charge in [-0.25, -0.2) is 14.4 Å². The number of fused-ring (bicyclic) bond motifs is 1. The summed E-state index contributed by atoms with van der Waals surface area (Å²) in [6, 6.07) is 12.5. The van der Waals surface area contributed by atoms with Crippen molar-refractivity contribution in [3.05, 3.63) is 76.3 Å². The van der Waals surface area contributed by atoms with Crippen LogP contribution in [0.25, 0.3) is 10.9 Å². The van der Waals surface area contributed by atoms with Crippen LogP contribution in [0.5, 0.6) is 11.5 Å². The maximum absolute atomic E-state index is 14.7. The summed E-state index contributed by atoms with van der Waals surface area (Å²) in [7, 11) is -2.60. The quantitative estimate of drug-likeness (QED) is 0.163. The Morgan fingerprint density at radius 2 is 1.77 bits per heavy atom. The van der Waals surface area contributed by atoms with E-state index in [1.165, 1.54) is 44.6 Å². The summed E-state index contributed by atoms with van der Waals surface area (Å²) in [6.45, 7) is 3.94. The monoisotopic (exact) mass is 662 g/mol. The Labute approximate surface area is 264 Å². The van der Waals surface area contributed by atoms with E-state index < -0.39 is 27.9 Å². The molecule has 44 heavy (non-hydrogen) atoms. The third kappa shape index (κ3) is 6.83. The van der Waals surface area contributed by atoms with Crippen LogP contribution in [-0.4, -0.2) is 61.6 Å². The average Bonchev–Trinajstić information content (AvgIpc) is 3.01. The van der Waals surface area contributed by atoms with Crippen LogP contribution >= 0.6 is 23.2 Å². The van der Waals surface area contributed by atoms with E-state index >= 15 is 0 Å². The van der Waals surface area contributed by atoms with E-state index in [4.69, 9.17) is 36.9 Å². The van der Waals surface area contributed by atoms with Gasteiger partial charge in [-0.05, 0) is 44.2 Å². The number of benzene rings is 3. The smallest absolute Gasteiger partial charge is 0.297 e. The van der Waals surface area contributed by atoms with Gasteiger partial charge in [-0.15, -0.1) is 0 Å². The van der Waals surface area contributed by atoms with E-state index in [9.17, 15) is 17.6 Å². The number of rotatable bonds is 9. The topological polar surface area (TPSA) is 120 Å². The van der Waals surface area contributed by atoms with Crippen molar-refractivity contribution < 1.29 is 31.3 Å². The second-order valence-corrected chi connectivity index (χ2v) is 12.6. The molecule has 1 atom stereocenters. The summed E-state index contributed by atoms with van der Waals surface area (Å²) in [5.74, 6) is 0.0205. The highest BCUT2D eigenvalue weighted by Crippen LogP contribution is 2.37.